The maximum absolute atomic E-state index is 9.21. The maximum atomic E-state index is 9.21. The fourth-order valence-corrected chi connectivity index (χ4v) is 2.75. The van der Waals surface area contributed by atoms with E-state index in [-0.39, 0.29) is 0 Å². The second-order valence-electron chi connectivity index (χ2n) is 5.37. The van der Waals surface area contributed by atoms with Crippen molar-refractivity contribution in [3.63, 3.8) is 0 Å². The Bertz CT molecular complexity index is 172. The van der Waals surface area contributed by atoms with Crippen LogP contribution in [-0.4, -0.2) is 36.2 Å². The summed E-state index contributed by atoms with van der Waals surface area (Å²) in [6.07, 6.45) is 7.87. The minimum absolute atomic E-state index is 0.377. The fraction of sp³-hybridized carbons (Fsp3) is 1.00. The predicted molar refractivity (Wildman–Crippen MR) is 69.6 cm³/mol. The molecule has 0 amide bonds. The molecule has 0 saturated carbocycles. The molecule has 0 bridgehead atoms. The van der Waals surface area contributed by atoms with Crippen LogP contribution in [0.3, 0.4) is 0 Å². The van der Waals surface area contributed by atoms with E-state index in [2.05, 4.69) is 18.7 Å². The van der Waals surface area contributed by atoms with Crippen LogP contribution < -0.4 is 0 Å². The molecular weight excluding hydrogens is 198 g/mol. The number of rotatable bonds is 7. The van der Waals surface area contributed by atoms with Crippen LogP contribution >= 0.6 is 0 Å². The lowest BCUT2D eigenvalue weighted by molar-refractivity contribution is 0.105. The largest absolute Gasteiger partial charge is 0.396 e. The summed E-state index contributed by atoms with van der Waals surface area (Å²) >= 11 is 0. The number of nitrogens with zero attached hydrogens (tertiary/aromatic N) is 1. The number of aliphatic hydroxyl groups is 1. The van der Waals surface area contributed by atoms with Crippen molar-refractivity contribution < 1.29 is 5.11 Å². The van der Waals surface area contributed by atoms with Gasteiger partial charge in [0, 0.05) is 19.7 Å². The van der Waals surface area contributed by atoms with E-state index in [1.807, 2.05) is 0 Å². The molecule has 1 rings (SSSR count). The van der Waals surface area contributed by atoms with Gasteiger partial charge in [-0.05, 0) is 37.6 Å². The highest BCUT2D eigenvalue weighted by atomic mass is 16.3. The van der Waals surface area contributed by atoms with E-state index in [0.717, 1.165) is 12.5 Å². The molecule has 0 aromatic carbocycles. The molecule has 2 unspecified atom stereocenters. The zero-order chi connectivity index (χ0) is 11.8. The van der Waals surface area contributed by atoms with Crippen molar-refractivity contribution >= 4 is 0 Å². The van der Waals surface area contributed by atoms with Gasteiger partial charge in [-0.25, -0.2) is 0 Å². The van der Waals surface area contributed by atoms with Crippen molar-refractivity contribution in [3.05, 3.63) is 0 Å². The molecular formula is C14H29NO. The normalized spacial score (nSPS) is 24.6. The first-order valence-electron chi connectivity index (χ1n) is 7.13. The zero-order valence-electron chi connectivity index (χ0n) is 11.1. The molecule has 1 fully saturated rings. The Morgan fingerprint density at radius 1 is 1.38 bits per heavy atom. The van der Waals surface area contributed by atoms with Crippen LogP contribution in [0.4, 0.5) is 0 Å². The number of hydrogen-bond donors (Lipinski definition) is 1. The van der Waals surface area contributed by atoms with Gasteiger partial charge in [-0.15, -0.1) is 0 Å². The lowest BCUT2D eigenvalue weighted by Gasteiger charge is -2.34. The Balaban J connectivity index is 2.27. The third kappa shape index (κ3) is 4.84. The average Bonchev–Trinajstić information content (AvgIpc) is 2.34. The first kappa shape index (κ1) is 14.0. The van der Waals surface area contributed by atoms with E-state index >= 15 is 0 Å². The Hall–Kier alpha value is -0.0800. The second kappa shape index (κ2) is 8.08. The molecule has 2 atom stereocenters. The maximum Gasteiger partial charge on any atom is 0.0471 e. The number of unbranched alkanes of at least 4 members (excludes halogenated alkanes) is 1. The van der Waals surface area contributed by atoms with Crippen molar-refractivity contribution in [3.8, 4) is 0 Å². The SMILES string of the molecule is CCCCC(CC)CN1CCCC(CO)C1. The van der Waals surface area contributed by atoms with Crippen molar-refractivity contribution in [2.45, 2.75) is 52.4 Å². The highest BCUT2D eigenvalue weighted by Gasteiger charge is 2.20. The first-order valence-corrected chi connectivity index (χ1v) is 7.13. The van der Waals surface area contributed by atoms with Gasteiger partial charge in [0.05, 0.1) is 0 Å². The molecule has 1 aliphatic rings. The summed E-state index contributed by atoms with van der Waals surface area (Å²) in [4.78, 5) is 2.58. The number of likely N-dealkylation sites (tertiary alicyclic amines) is 1. The van der Waals surface area contributed by atoms with Crippen molar-refractivity contribution in [2.75, 3.05) is 26.2 Å². The van der Waals surface area contributed by atoms with Gasteiger partial charge in [-0.3, -0.25) is 0 Å². The number of aliphatic hydroxyl groups excluding tert-OH is 1. The van der Waals surface area contributed by atoms with Gasteiger partial charge in [0.1, 0.15) is 0 Å². The highest BCUT2D eigenvalue weighted by molar-refractivity contribution is 4.74. The molecule has 1 heterocycles. The van der Waals surface area contributed by atoms with E-state index in [1.54, 1.807) is 0 Å². The van der Waals surface area contributed by atoms with E-state index in [1.165, 1.54) is 51.6 Å². The second-order valence-corrected chi connectivity index (χ2v) is 5.37. The highest BCUT2D eigenvalue weighted by Crippen LogP contribution is 2.20. The lowest BCUT2D eigenvalue weighted by Crippen LogP contribution is -2.39. The van der Waals surface area contributed by atoms with Gasteiger partial charge in [-0.2, -0.15) is 0 Å². The summed E-state index contributed by atoms with van der Waals surface area (Å²) in [5.41, 5.74) is 0. The zero-order valence-corrected chi connectivity index (χ0v) is 11.1. The van der Waals surface area contributed by atoms with Crippen LogP contribution in [0.5, 0.6) is 0 Å². The Morgan fingerprint density at radius 2 is 2.19 bits per heavy atom. The fourth-order valence-electron chi connectivity index (χ4n) is 2.75. The number of piperidine rings is 1. The van der Waals surface area contributed by atoms with Crippen LogP contribution in [0.2, 0.25) is 0 Å². The quantitative estimate of drug-likeness (QED) is 0.723. The molecule has 0 aliphatic carbocycles. The van der Waals surface area contributed by atoms with Crippen LogP contribution in [0.1, 0.15) is 52.4 Å². The Labute approximate surface area is 101 Å². The molecule has 16 heavy (non-hydrogen) atoms. The van der Waals surface area contributed by atoms with Gasteiger partial charge in [0.2, 0.25) is 0 Å². The first-order chi connectivity index (χ1) is 7.80. The van der Waals surface area contributed by atoms with Crippen molar-refractivity contribution in [2.24, 2.45) is 11.8 Å². The monoisotopic (exact) mass is 227 g/mol. The minimum Gasteiger partial charge on any atom is -0.396 e. The minimum atomic E-state index is 0.377. The molecule has 2 nitrogen and oxygen atoms in total. The summed E-state index contributed by atoms with van der Waals surface area (Å²) < 4.78 is 0. The van der Waals surface area contributed by atoms with E-state index in [0.29, 0.717) is 12.5 Å². The van der Waals surface area contributed by atoms with E-state index in [9.17, 15) is 5.11 Å². The molecule has 1 saturated heterocycles. The molecule has 0 spiro atoms. The molecule has 96 valence electrons. The summed E-state index contributed by atoms with van der Waals surface area (Å²) in [7, 11) is 0. The molecule has 0 aromatic heterocycles. The van der Waals surface area contributed by atoms with Gasteiger partial charge in [0.15, 0.2) is 0 Å². The van der Waals surface area contributed by atoms with Crippen molar-refractivity contribution in [1.29, 1.82) is 0 Å². The van der Waals surface area contributed by atoms with Gasteiger partial charge < -0.3 is 10.0 Å². The van der Waals surface area contributed by atoms with Crippen molar-refractivity contribution in [1.82, 2.24) is 4.90 Å². The molecule has 1 N–H and O–H groups in total. The summed E-state index contributed by atoms with van der Waals surface area (Å²) in [5.74, 6) is 1.41. The Morgan fingerprint density at radius 3 is 2.81 bits per heavy atom. The topological polar surface area (TPSA) is 23.5 Å². The third-order valence-electron chi connectivity index (χ3n) is 3.92. The van der Waals surface area contributed by atoms with Crippen LogP contribution in [-0.2, 0) is 0 Å². The Kier molecular flexibility index (Phi) is 7.06. The third-order valence-corrected chi connectivity index (χ3v) is 3.92. The summed E-state index contributed by atoms with van der Waals surface area (Å²) in [6.45, 7) is 8.59. The van der Waals surface area contributed by atoms with Crippen LogP contribution in [0.25, 0.3) is 0 Å². The number of hydrogen-bond acceptors (Lipinski definition) is 2. The van der Waals surface area contributed by atoms with Gasteiger partial charge >= 0.3 is 0 Å². The smallest absolute Gasteiger partial charge is 0.0471 e. The molecule has 0 aromatic rings. The summed E-state index contributed by atoms with van der Waals surface area (Å²) in [5, 5.41) is 9.21. The predicted octanol–water partition coefficient (Wildman–Crippen LogP) is 2.91. The van der Waals surface area contributed by atoms with Gasteiger partial charge in [-0.1, -0.05) is 33.1 Å². The van der Waals surface area contributed by atoms with E-state index < -0.39 is 0 Å². The lowest BCUT2D eigenvalue weighted by atomic mass is 9.95. The standard InChI is InChI=1S/C14H29NO/c1-3-5-7-13(4-2)10-15-9-6-8-14(11-15)12-16/h13-14,16H,3-12H2,1-2H3. The van der Waals surface area contributed by atoms with Crippen LogP contribution in [0, 0.1) is 11.8 Å². The summed E-state index contributed by atoms with van der Waals surface area (Å²) in [6, 6.07) is 0. The average molecular weight is 227 g/mol. The molecule has 1 aliphatic heterocycles. The van der Waals surface area contributed by atoms with E-state index in [4.69, 9.17) is 0 Å². The van der Waals surface area contributed by atoms with Crippen LogP contribution in [0.15, 0.2) is 0 Å². The molecule has 0 radical (unpaired) electrons. The van der Waals surface area contributed by atoms with Gasteiger partial charge in [0.25, 0.3) is 0 Å². The molecule has 2 heteroatoms.